The number of aryl methyl sites for hydroxylation is 3. The highest BCUT2D eigenvalue weighted by molar-refractivity contribution is 9.10. The van der Waals surface area contributed by atoms with Gasteiger partial charge in [0.1, 0.15) is 11.3 Å². The van der Waals surface area contributed by atoms with E-state index < -0.39 is 0 Å². The van der Waals surface area contributed by atoms with E-state index in [4.69, 9.17) is 0 Å². The second-order valence-corrected chi connectivity index (χ2v) is 6.68. The molecule has 0 aliphatic heterocycles. The largest absolute Gasteiger partial charge is 0.392 e. The molecule has 0 radical (unpaired) electrons. The van der Waals surface area contributed by atoms with Crippen molar-refractivity contribution in [3.63, 3.8) is 0 Å². The molecule has 0 fully saturated rings. The van der Waals surface area contributed by atoms with Crippen molar-refractivity contribution in [1.82, 2.24) is 9.55 Å². The third kappa shape index (κ3) is 2.99. The Kier molecular flexibility index (Phi) is 4.41. The predicted octanol–water partition coefficient (Wildman–Crippen LogP) is 4.06. The number of nitrogens with zero attached hydrogens (tertiary/aromatic N) is 2. The second kappa shape index (κ2) is 6.34. The summed E-state index contributed by atoms with van der Waals surface area (Å²) in [6.45, 7) is 4.78. The number of nitrogens with one attached hydrogen (secondary N) is 1. The number of aliphatic hydroxyl groups is 1. The first-order valence-electron chi connectivity index (χ1n) is 7.56. The molecular formula is C18H20BrN3O. The van der Waals surface area contributed by atoms with Crippen LogP contribution in [0, 0.1) is 13.8 Å². The molecule has 0 unspecified atom stereocenters. The molecule has 1 heterocycles. The highest BCUT2D eigenvalue weighted by Crippen LogP contribution is 2.29. The lowest BCUT2D eigenvalue weighted by Gasteiger charge is -2.13. The van der Waals surface area contributed by atoms with Crippen molar-refractivity contribution in [3.05, 3.63) is 57.3 Å². The van der Waals surface area contributed by atoms with Crippen LogP contribution < -0.4 is 5.32 Å². The molecule has 0 amide bonds. The van der Waals surface area contributed by atoms with Gasteiger partial charge in [-0.1, -0.05) is 34.1 Å². The number of hydrogen-bond donors (Lipinski definition) is 2. The SMILES string of the molecule is Cc1cccc(CO)c1CNc1cc(Br)cc2c1nc(C)n2C. The van der Waals surface area contributed by atoms with Crippen molar-refractivity contribution in [1.29, 1.82) is 0 Å². The molecule has 120 valence electrons. The number of fused-ring (bicyclic) bond motifs is 1. The Hall–Kier alpha value is -1.85. The molecule has 2 aromatic carbocycles. The van der Waals surface area contributed by atoms with Crippen LogP contribution >= 0.6 is 15.9 Å². The van der Waals surface area contributed by atoms with Crippen molar-refractivity contribution < 1.29 is 5.11 Å². The molecule has 0 aliphatic rings. The number of aromatic nitrogens is 2. The van der Waals surface area contributed by atoms with Gasteiger partial charge in [-0.3, -0.25) is 0 Å². The number of hydrogen-bond acceptors (Lipinski definition) is 3. The zero-order valence-electron chi connectivity index (χ0n) is 13.5. The fraction of sp³-hybridized carbons (Fsp3) is 0.278. The molecule has 0 atom stereocenters. The average molecular weight is 374 g/mol. The van der Waals surface area contributed by atoms with Gasteiger partial charge < -0.3 is 15.0 Å². The molecule has 0 saturated heterocycles. The van der Waals surface area contributed by atoms with Gasteiger partial charge in [0, 0.05) is 18.1 Å². The lowest BCUT2D eigenvalue weighted by molar-refractivity contribution is 0.280. The molecule has 1 aromatic heterocycles. The molecule has 3 rings (SSSR count). The second-order valence-electron chi connectivity index (χ2n) is 5.76. The maximum atomic E-state index is 9.54. The molecule has 4 nitrogen and oxygen atoms in total. The summed E-state index contributed by atoms with van der Waals surface area (Å²) in [6, 6.07) is 10.1. The standard InChI is InChI=1S/C18H20BrN3O/c1-11-5-4-6-13(10-23)15(11)9-20-16-7-14(19)8-17-18(16)21-12(2)22(17)3/h4-8,20,23H,9-10H2,1-3H3. The molecule has 23 heavy (non-hydrogen) atoms. The first-order chi connectivity index (χ1) is 11.0. The van der Waals surface area contributed by atoms with Crippen LogP contribution in [0.25, 0.3) is 11.0 Å². The summed E-state index contributed by atoms with van der Waals surface area (Å²) in [7, 11) is 2.02. The van der Waals surface area contributed by atoms with Crippen molar-refractivity contribution in [2.75, 3.05) is 5.32 Å². The van der Waals surface area contributed by atoms with Crippen LogP contribution in [-0.2, 0) is 20.2 Å². The number of aliphatic hydroxyl groups excluding tert-OH is 1. The Labute approximate surface area is 144 Å². The normalized spacial score (nSPS) is 11.2. The van der Waals surface area contributed by atoms with Gasteiger partial charge in [0.25, 0.3) is 0 Å². The Bertz CT molecular complexity index is 870. The quantitative estimate of drug-likeness (QED) is 0.724. The maximum Gasteiger partial charge on any atom is 0.112 e. The van der Waals surface area contributed by atoms with Crippen LogP contribution in [0.15, 0.2) is 34.8 Å². The highest BCUT2D eigenvalue weighted by Gasteiger charge is 2.11. The van der Waals surface area contributed by atoms with Crippen LogP contribution in [0.3, 0.4) is 0 Å². The summed E-state index contributed by atoms with van der Waals surface area (Å²) in [5.41, 5.74) is 6.31. The fourth-order valence-corrected chi connectivity index (χ4v) is 3.30. The van der Waals surface area contributed by atoms with Gasteiger partial charge in [-0.2, -0.15) is 0 Å². The zero-order valence-corrected chi connectivity index (χ0v) is 15.1. The molecule has 0 spiro atoms. The highest BCUT2D eigenvalue weighted by atomic mass is 79.9. The van der Waals surface area contributed by atoms with Crippen LogP contribution in [0.1, 0.15) is 22.5 Å². The van der Waals surface area contributed by atoms with E-state index in [1.807, 2.05) is 32.2 Å². The van der Waals surface area contributed by atoms with Gasteiger partial charge >= 0.3 is 0 Å². The monoisotopic (exact) mass is 373 g/mol. The number of imidazole rings is 1. The third-order valence-corrected chi connectivity index (χ3v) is 4.77. The van der Waals surface area contributed by atoms with Crippen LogP contribution in [0.4, 0.5) is 5.69 Å². The molecule has 5 heteroatoms. The van der Waals surface area contributed by atoms with E-state index in [0.29, 0.717) is 6.54 Å². The Morgan fingerprint density at radius 3 is 2.78 bits per heavy atom. The van der Waals surface area contributed by atoms with Crippen molar-refractivity contribution in [2.24, 2.45) is 7.05 Å². The summed E-state index contributed by atoms with van der Waals surface area (Å²) >= 11 is 3.57. The smallest absolute Gasteiger partial charge is 0.112 e. The molecule has 2 N–H and O–H groups in total. The van der Waals surface area contributed by atoms with E-state index in [0.717, 1.165) is 38.1 Å². The van der Waals surface area contributed by atoms with Crippen molar-refractivity contribution >= 4 is 32.7 Å². The minimum atomic E-state index is 0.0509. The Morgan fingerprint density at radius 2 is 2.04 bits per heavy atom. The van der Waals surface area contributed by atoms with Crippen molar-refractivity contribution in [2.45, 2.75) is 27.0 Å². The Morgan fingerprint density at radius 1 is 1.26 bits per heavy atom. The molecule has 0 bridgehead atoms. The fourth-order valence-electron chi connectivity index (χ4n) is 2.85. The van der Waals surface area contributed by atoms with Gasteiger partial charge in [-0.05, 0) is 42.7 Å². The Balaban J connectivity index is 1.98. The van der Waals surface area contributed by atoms with E-state index in [1.54, 1.807) is 0 Å². The van der Waals surface area contributed by atoms with Crippen LogP contribution in [0.5, 0.6) is 0 Å². The number of benzene rings is 2. The summed E-state index contributed by atoms with van der Waals surface area (Å²) < 4.78 is 3.10. The van der Waals surface area contributed by atoms with E-state index in [2.05, 4.69) is 49.9 Å². The van der Waals surface area contributed by atoms with Crippen molar-refractivity contribution in [3.8, 4) is 0 Å². The molecule has 3 aromatic rings. The topological polar surface area (TPSA) is 50.1 Å². The minimum Gasteiger partial charge on any atom is -0.392 e. The maximum absolute atomic E-state index is 9.54. The van der Waals surface area contributed by atoms with E-state index in [-0.39, 0.29) is 6.61 Å². The van der Waals surface area contributed by atoms with Gasteiger partial charge in [-0.15, -0.1) is 0 Å². The van der Waals surface area contributed by atoms with E-state index in [9.17, 15) is 5.11 Å². The molecule has 0 saturated carbocycles. The first kappa shape index (κ1) is 16.0. The predicted molar refractivity (Wildman–Crippen MR) is 97.6 cm³/mol. The molecule has 0 aliphatic carbocycles. The van der Waals surface area contributed by atoms with E-state index >= 15 is 0 Å². The lowest BCUT2D eigenvalue weighted by atomic mass is 10.0. The minimum absolute atomic E-state index is 0.0509. The third-order valence-electron chi connectivity index (χ3n) is 4.31. The number of halogens is 1. The van der Waals surface area contributed by atoms with Gasteiger partial charge in [-0.25, -0.2) is 4.98 Å². The van der Waals surface area contributed by atoms with E-state index in [1.165, 1.54) is 5.56 Å². The van der Waals surface area contributed by atoms with Crippen LogP contribution in [0.2, 0.25) is 0 Å². The summed E-state index contributed by atoms with van der Waals surface area (Å²) in [4.78, 5) is 4.66. The summed E-state index contributed by atoms with van der Waals surface area (Å²) in [6.07, 6.45) is 0. The van der Waals surface area contributed by atoms with Gasteiger partial charge in [0.15, 0.2) is 0 Å². The lowest BCUT2D eigenvalue weighted by Crippen LogP contribution is -2.06. The molecular weight excluding hydrogens is 354 g/mol. The summed E-state index contributed by atoms with van der Waals surface area (Å²) in [5.74, 6) is 0.980. The van der Waals surface area contributed by atoms with Crippen LogP contribution in [-0.4, -0.2) is 14.7 Å². The number of anilines is 1. The number of rotatable bonds is 4. The zero-order chi connectivity index (χ0) is 16.6. The summed E-state index contributed by atoms with van der Waals surface area (Å²) in [5, 5.41) is 13.0. The average Bonchev–Trinajstić information content (AvgIpc) is 2.81. The van der Waals surface area contributed by atoms with Gasteiger partial charge in [0.05, 0.1) is 17.8 Å². The first-order valence-corrected chi connectivity index (χ1v) is 8.35. The van der Waals surface area contributed by atoms with Gasteiger partial charge in [0.2, 0.25) is 0 Å².